The lowest BCUT2D eigenvalue weighted by atomic mass is 9.86. The Kier molecular flexibility index (Phi) is 6.49. The Balaban J connectivity index is 1.39. The number of fused-ring (bicyclic) bond motifs is 2. The van der Waals surface area contributed by atoms with Gasteiger partial charge in [0.05, 0.1) is 11.9 Å². The van der Waals surface area contributed by atoms with E-state index >= 15 is 0 Å². The van der Waals surface area contributed by atoms with Gasteiger partial charge < -0.3 is 26.4 Å². The number of rotatable bonds is 5. The van der Waals surface area contributed by atoms with Crippen molar-refractivity contribution in [3.05, 3.63) is 40.4 Å². The van der Waals surface area contributed by atoms with Crippen molar-refractivity contribution in [3.8, 4) is 11.5 Å². The normalized spacial score (nSPS) is 19.1. The van der Waals surface area contributed by atoms with Gasteiger partial charge in [-0.25, -0.2) is 4.79 Å². The van der Waals surface area contributed by atoms with Crippen molar-refractivity contribution >= 4 is 23.4 Å². The molecule has 10 nitrogen and oxygen atoms in total. The first-order chi connectivity index (χ1) is 16.1. The second kappa shape index (κ2) is 9.36. The first-order valence-corrected chi connectivity index (χ1v) is 11.7. The van der Waals surface area contributed by atoms with Gasteiger partial charge in [0.25, 0.3) is 0 Å². The highest BCUT2D eigenvalue weighted by atomic mass is 16.5. The first-order valence-electron chi connectivity index (χ1n) is 11.7. The molecule has 6 N–H and O–H groups in total. The molecule has 1 saturated carbocycles. The Morgan fingerprint density at radius 1 is 1.26 bits per heavy atom. The molecule has 0 unspecified atom stereocenters. The number of aromatic nitrogens is 2. The van der Waals surface area contributed by atoms with Crippen LogP contribution in [0.1, 0.15) is 64.5 Å². The first kappa shape index (κ1) is 23.6. The van der Waals surface area contributed by atoms with Crippen molar-refractivity contribution in [2.24, 2.45) is 5.73 Å². The van der Waals surface area contributed by atoms with E-state index in [-0.39, 0.29) is 41.5 Å². The van der Waals surface area contributed by atoms with E-state index in [0.717, 1.165) is 36.9 Å². The quantitative estimate of drug-likeness (QED) is 0.286. The summed E-state index contributed by atoms with van der Waals surface area (Å²) in [4.78, 5) is 29.2. The molecule has 1 aliphatic heterocycles. The third-order valence-corrected chi connectivity index (χ3v) is 6.36. The molecular formula is C24H33N7O3. The van der Waals surface area contributed by atoms with Crippen LogP contribution in [0, 0.1) is 5.41 Å². The molecule has 2 aromatic rings. The number of hydrogen-bond donors (Lipinski definition) is 5. The van der Waals surface area contributed by atoms with E-state index in [1.54, 1.807) is 10.8 Å². The van der Waals surface area contributed by atoms with Crippen LogP contribution >= 0.6 is 0 Å². The topological polar surface area (TPSA) is 147 Å². The molecule has 1 amide bonds. The Bertz CT molecular complexity index is 1140. The molecule has 1 fully saturated rings. The summed E-state index contributed by atoms with van der Waals surface area (Å²) in [6.07, 6.45) is 5.08. The molecule has 0 radical (unpaired) electrons. The molecule has 1 aromatic carbocycles. The molecule has 0 saturated heterocycles. The number of hydrogen-bond acceptors (Lipinski definition) is 6. The van der Waals surface area contributed by atoms with Crippen LogP contribution in [0.2, 0.25) is 0 Å². The van der Waals surface area contributed by atoms with Crippen molar-refractivity contribution in [3.63, 3.8) is 0 Å². The Hall–Kier alpha value is -3.56. The summed E-state index contributed by atoms with van der Waals surface area (Å²) in [6.45, 7) is 6.78. The van der Waals surface area contributed by atoms with E-state index < -0.39 is 0 Å². The van der Waals surface area contributed by atoms with Gasteiger partial charge in [-0.1, -0.05) is 26.8 Å². The molecule has 34 heavy (non-hydrogen) atoms. The minimum atomic E-state index is -0.312. The average molecular weight is 468 g/mol. The third-order valence-electron chi connectivity index (χ3n) is 6.36. The predicted octanol–water partition coefficient (Wildman–Crippen LogP) is 2.86. The van der Waals surface area contributed by atoms with Crippen LogP contribution in [-0.2, 0) is 10.2 Å². The number of carbonyl (C=O) groups excluding carboxylic acids is 1. The number of carbonyl (C=O) groups is 1. The second-order valence-electron chi connectivity index (χ2n) is 10.00. The van der Waals surface area contributed by atoms with Crippen LogP contribution in [0.3, 0.4) is 0 Å². The minimum absolute atomic E-state index is 0.00241. The number of guanidine groups is 1. The maximum atomic E-state index is 12.8. The average Bonchev–Trinajstić information content (AvgIpc) is 2.76. The highest BCUT2D eigenvalue weighted by Crippen LogP contribution is 2.42. The molecule has 4 rings (SSSR count). The van der Waals surface area contributed by atoms with E-state index in [1.165, 1.54) is 0 Å². The summed E-state index contributed by atoms with van der Waals surface area (Å²) in [6, 6.07) is 6.12. The fourth-order valence-electron chi connectivity index (χ4n) is 4.42. The van der Waals surface area contributed by atoms with Crippen molar-refractivity contribution in [2.45, 2.75) is 70.4 Å². The Morgan fingerprint density at radius 3 is 2.68 bits per heavy atom. The largest absolute Gasteiger partial charge is 0.450 e. The number of benzene rings is 1. The van der Waals surface area contributed by atoms with Gasteiger partial charge in [-0.05, 0) is 48.8 Å². The summed E-state index contributed by atoms with van der Waals surface area (Å²) < 4.78 is 7.74. The number of nitrogens with zero attached hydrogens (tertiary/aromatic N) is 2. The summed E-state index contributed by atoms with van der Waals surface area (Å²) in [7, 11) is 0. The van der Waals surface area contributed by atoms with Gasteiger partial charge in [0.15, 0.2) is 23.3 Å². The second-order valence-corrected chi connectivity index (χ2v) is 10.00. The molecule has 0 spiro atoms. The van der Waals surface area contributed by atoms with E-state index in [2.05, 4.69) is 47.8 Å². The number of anilines is 2. The fraction of sp³-hybridized carbons (Fsp3) is 0.500. The molecule has 0 bridgehead atoms. The lowest BCUT2D eigenvalue weighted by Crippen LogP contribution is -2.41. The van der Waals surface area contributed by atoms with E-state index in [9.17, 15) is 9.59 Å². The van der Waals surface area contributed by atoms with Crippen LogP contribution in [0.25, 0.3) is 0 Å². The molecule has 182 valence electrons. The molecule has 0 atom stereocenters. The summed E-state index contributed by atoms with van der Waals surface area (Å²) in [5.74, 6) is 1.45. The lowest BCUT2D eigenvalue weighted by molar-refractivity contribution is -0.121. The smallest absolute Gasteiger partial charge is 0.350 e. The Morgan fingerprint density at radius 2 is 2.00 bits per heavy atom. The summed E-state index contributed by atoms with van der Waals surface area (Å²) >= 11 is 0. The zero-order chi connectivity index (χ0) is 24.5. The van der Waals surface area contributed by atoms with Gasteiger partial charge in [-0.2, -0.15) is 4.98 Å². The van der Waals surface area contributed by atoms with Crippen molar-refractivity contribution in [1.29, 1.82) is 5.41 Å². The predicted molar refractivity (Wildman–Crippen MR) is 131 cm³/mol. The number of amides is 1. The molecule has 10 heteroatoms. The van der Waals surface area contributed by atoms with Crippen LogP contribution in [-0.4, -0.2) is 34.0 Å². The van der Waals surface area contributed by atoms with E-state index in [4.69, 9.17) is 15.9 Å². The van der Waals surface area contributed by atoms with E-state index in [1.807, 2.05) is 12.1 Å². The van der Waals surface area contributed by atoms with Gasteiger partial charge in [0.1, 0.15) is 0 Å². The molecule has 2 heterocycles. The van der Waals surface area contributed by atoms with E-state index in [0.29, 0.717) is 23.9 Å². The lowest BCUT2D eigenvalue weighted by Gasteiger charge is -2.31. The molecule has 1 aliphatic carbocycles. The zero-order valence-corrected chi connectivity index (χ0v) is 19.9. The number of ether oxygens (including phenoxy) is 1. The third kappa shape index (κ3) is 5.32. The van der Waals surface area contributed by atoms with Crippen LogP contribution < -0.4 is 32.1 Å². The van der Waals surface area contributed by atoms with Crippen LogP contribution in [0.4, 0.5) is 11.5 Å². The van der Waals surface area contributed by atoms with Gasteiger partial charge in [0.2, 0.25) is 5.91 Å². The maximum absolute atomic E-state index is 12.8. The van der Waals surface area contributed by atoms with Crippen LogP contribution in [0.15, 0.2) is 29.2 Å². The van der Waals surface area contributed by atoms with Gasteiger partial charge in [0, 0.05) is 25.0 Å². The highest BCUT2D eigenvalue weighted by Gasteiger charge is 2.27. The summed E-state index contributed by atoms with van der Waals surface area (Å²) in [5.41, 5.74) is 6.88. The standard InChI is InChI=1S/C24H33N7O3/c1-24(2,3)14-4-9-18-17(12-14)29-21-19(34-18)13-31(23(33)30-21)16-7-5-15(6-8-16)28-20(32)10-11-27-22(25)26/h4,9,12-13,15-16H,5-8,10-11H2,1-3H3,(H,28,32)(H4,25,26,27)(H,29,30,33)/t15-,16-. The SMILES string of the molecule is CC(C)(C)c1ccc2c(c1)Nc1nc(=O)n([C@H]3CC[C@H](NC(=O)CCNC(=N)N)CC3)cc1O2. The van der Waals surface area contributed by atoms with Gasteiger partial charge in [-0.3, -0.25) is 14.8 Å². The number of nitrogens with one attached hydrogen (secondary N) is 4. The van der Waals surface area contributed by atoms with Gasteiger partial charge in [-0.15, -0.1) is 0 Å². The molecule has 2 aliphatic rings. The van der Waals surface area contributed by atoms with Crippen molar-refractivity contribution in [2.75, 3.05) is 11.9 Å². The number of nitrogens with two attached hydrogens (primary N) is 1. The monoisotopic (exact) mass is 467 g/mol. The minimum Gasteiger partial charge on any atom is -0.450 e. The van der Waals surface area contributed by atoms with Gasteiger partial charge >= 0.3 is 5.69 Å². The van der Waals surface area contributed by atoms with Crippen molar-refractivity contribution in [1.82, 2.24) is 20.2 Å². The Labute approximate surface area is 198 Å². The van der Waals surface area contributed by atoms with Crippen LogP contribution in [0.5, 0.6) is 11.5 Å². The zero-order valence-electron chi connectivity index (χ0n) is 19.9. The molecule has 1 aromatic heterocycles. The van der Waals surface area contributed by atoms with Crippen molar-refractivity contribution < 1.29 is 9.53 Å². The highest BCUT2D eigenvalue weighted by molar-refractivity contribution is 5.78. The maximum Gasteiger partial charge on any atom is 0.350 e. The summed E-state index contributed by atoms with van der Waals surface area (Å²) in [5, 5.41) is 16.0. The molecular weight excluding hydrogens is 434 g/mol. The fourth-order valence-corrected chi connectivity index (χ4v) is 4.42.